The number of fused-ring (bicyclic) bond motifs is 4. The Kier molecular flexibility index (Phi) is 14.2. The van der Waals surface area contributed by atoms with Gasteiger partial charge in [-0.05, 0) is 119 Å². The highest BCUT2D eigenvalue weighted by Crippen LogP contribution is 2.56. The van der Waals surface area contributed by atoms with Crippen LogP contribution in [0.1, 0.15) is 185 Å². The van der Waals surface area contributed by atoms with Crippen molar-refractivity contribution in [3.63, 3.8) is 0 Å². The molecule has 0 saturated carbocycles. The Morgan fingerprint density at radius 1 is 0.443 bits per heavy atom. The second-order valence-corrected chi connectivity index (χ2v) is 28.8. The number of nitrogens with zero attached hydrogens (tertiary/aromatic N) is 7. The highest BCUT2D eigenvalue weighted by Gasteiger charge is 2.49. The predicted molar refractivity (Wildman–Crippen MR) is 373 cm³/mol. The summed E-state index contributed by atoms with van der Waals surface area (Å²) in [7, 11) is 1.63. The highest BCUT2D eigenvalue weighted by atomic mass is 16.5. The molecule has 5 aliphatic rings. The Bertz CT molecular complexity index is 5260. The van der Waals surface area contributed by atoms with Gasteiger partial charge in [-0.2, -0.15) is 10.0 Å². The molecule has 0 aliphatic carbocycles. The molecule has 2 aromatic heterocycles. The van der Waals surface area contributed by atoms with Crippen LogP contribution in [0.5, 0.6) is 17.2 Å². The largest absolute Gasteiger partial charge is 0.497 e. The van der Waals surface area contributed by atoms with Crippen molar-refractivity contribution in [2.75, 3.05) is 48.0 Å². The first-order valence-corrected chi connectivity index (χ1v) is 33.2. The Labute approximate surface area is 557 Å². The lowest BCUT2D eigenvalue weighted by Gasteiger charge is -2.40. The monoisotopic (exact) mass is 1300 g/mol. The minimum Gasteiger partial charge on any atom is -0.497 e. The van der Waals surface area contributed by atoms with Crippen molar-refractivity contribution >= 4 is 95.6 Å². The Morgan fingerprint density at radius 3 is 1.40 bits per heavy atom. The van der Waals surface area contributed by atoms with Crippen LogP contribution in [-0.4, -0.2) is 87.9 Å². The van der Waals surface area contributed by atoms with Crippen molar-refractivity contribution in [2.24, 2.45) is 0 Å². The summed E-state index contributed by atoms with van der Waals surface area (Å²) in [6.07, 6.45) is 5.71. The Morgan fingerprint density at radius 2 is 0.887 bits per heavy atom. The van der Waals surface area contributed by atoms with Crippen LogP contribution in [0, 0.1) is 0 Å². The van der Waals surface area contributed by atoms with E-state index in [0.29, 0.717) is 64.5 Å². The number of hydrogen-bond donors (Lipinski definition) is 0. The zero-order chi connectivity index (χ0) is 68.4. The number of aromatic nitrogens is 2. The van der Waals surface area contributed by atoms with E-state index in [0.717, 1.165) is 69.8 Å². The van der Waals surface area contributed by atoms with Crippen molar-refractivity contribution in [3.05, 3.63) is 212 Å². The molecule has 5 aliphatic heterocycles. The maximum Gasteiger partial charge on any atom is 0.281 e. The van der Waals surface area contributed by atoms with Gasteiger partial charge in [0.25, 0.3) is 57.7 Å². The van der Waals surface area contributed by atoms with Crippen LogP contribution in [0.4, 0.5) is 17.1 Å². The smallest absolute Gasteiger partial charge is 0.281 e. The van der Waals surface area contributed by atoms with Crippen LogP contribution < -0.4 is 46.4 Å². The fraction of sp³-hybridized carbons (Fsp3) is 0.308. The molecule has 0 N–H and O–H groups in total. The molecule has 0 unspecified atom stereocenters. The number of carbonyl (C=O) groups excluding carboxylic acids is 6. The molecule has 10 aromatic rings. The van der Waals surface area contributed by atoms with Crippen LogP contribution >= 0.6 is 0 Å². The second kappa shape index (κ2) is 22.1. The van der Waals surface area contributed by atoms with Gasteiger partial charge in [-0.1, -0.05) is 119 Å². The molecule has 0 radical (unpaired) electrons. The maximum absolute atomic E-state index is 15.7. The van der Waals surface area contributed by atoms with Gasteiger partial charge in [-0.25, -0.2) is 9.47 Å². The standard InChI is InChI=1S/C78H71N7O12/c1-11-12-13-14-15-16-30-81-66(86)52-39-54-55(40-53(52)67(81)87)71(91)83(70(54)90)60-38-42(77(5,6)7)36-57-65(60)97-64-56(78(57,8)9)35-41(76(2,3)4)37-59(64)82-68(88)48-24-26-50-63-51(27-25-49(62(48)63)69(82)89)75(95)85(74(50)94)84-72(92)46-19-17-18-45-58(29-28-47(61(45)46)73(84)93)80-33-31-79(32-34-80)43-20-22-44(96-10)23-21-43/h17-29,35-40H,11-16,30-34H2,1-10H3. The Hall–Kier alpha value is -10.8. The first-order valence-electron chi connectivity index (χ1n) is 33.2. The summed E-state index contributed by atoms with van der Waals surface area (Å²) in [6, 6.07) is 32.1. The fourth-order valence-electron chi connectivity index (χ4n) is 15.1. The number of carbonyl (C=O) groups is 6. The molecule has 8 aromatic carbocycles. The van der Waals surface area contributed by atoms with Crippen molar-refractivity contribution in [2.45, 2.75) is 124 Å². The second-order valence-electron chi connectivity index (χ2n) is 28.8. The summed E-state index contributed by atoms with van der Waals surface area (Å²) in [6.45, 7) is 21.0. The molecule has 97 heavy (non-hydrogen) atoms. The van der Waals surface area contributed by atoms with Crippen LogP contribution in [0.15, 0.2) is 134 Å². The van der Waals surface area contributed by atoms with Gasteiger partial charge < -0.3 is 19.3 Å². The summed E-state index contributed by atoms with van der Waals surface area (Å²) < 4.78 is 14.7. The number of ether oxygens (including phenoxy) is 2. The van der Waals surface area contributed by atoms with E-state index >= 15 is 28.8 Å². The molecule has 15 rings (SSSR count). The molecule has 19 nitrogen and oxygen atoms in total. The lowest BCUT2D eigenvalue weighted by molar-refractivity contribution is 0.00212. The van der Waals surface area contributed by atoms with E-state index < -0.39 is 73.9 Å². The summed E-state index contributed by atoms with van der Waals surface area (Å²) >= 11 is 0. The SMILES string of the molecule is CCCCCCCCn1c(=O)c2cc3c(=O)n(-c4cc(C(C)(C)C)cc5c4Oc4c(N6C(=O)c7ccc8c9c(ccc(c79)C6=O)C(=O)N(N6C(=O)c7cccc9c(N%10CCN(c%11ccc(OC)cc%11)CC%10)ccc(c79)C6=O)C8=O)cc(C(C)(C)C)cc4C5(C)C)c(=O)c3cc2c1=O. The van der Waals surface area contributed by atoms with E-state index in [2.05, 4.69) is 16.7 Å². The highest BCUT2D eigenvalue weighted by molar-refractivity contribution is 6.40. The maximum atomic E-state index is 15.7. The third-order valence-corrected chi connectivity index (χ3v) is 20.6. The van der Waals surface area contributed by atoms with Crippen molar-refractivity contribution < 1.29 is 38.2 Å². The number of hydrogen-bond acceptors (Lipinski definition) is 14. The van der Waals surface area contributed by atoms with Gasteiger partial charge in [0.2, 0.25) is 0 Å². The van der Waals surface area contributed by atoms with Gasteiger partial charge in [-0.3, -0.25) is 52.5 Å². The molecule has 0 atom stereocenters. The van der Waals surface area contributed by atoms with Gasteiger partial charge >= 0.3 is 0 Å². The van der Waals surface area contributed by atoms with Gasteiger partial charge in [0, 0.05) is 93.3 Å². The Balaban J connectivity index is 0.782. The van der Waals surface area contributed by atoms with Crippen LogP contribution in [0.2, 0.25) is 0 Å². The summed E-state index contributed by atoms with van der Waals surface area (Å²) in [4.78, 5) is 155. The molecular formula is C78H71N7O12. The van der Waals surface area contributed by atoms with E-state index in [9.17, 15) is 19.2 Å². The van der Waals surface area contributed by atoms with Crippen LogP contribution in [0.25, 0.3) is 48.8 Å². The van der Waals surface area contributed by atoms with Crippen LogP contribution in [0.3, 0.4) is 0 Å². The van der Waals surface area contributed by atoms with Gasteiger partial charge in [0.15, 0.2) is 11.5 Å². The van der Waals surface area contributed by atoms with E-state index in [4.69, 9.17) is 9.47 Å². The molecule has 0 bridgehead atoms. The average Bonchev–Trinajstić information content (AvgIpc) is 1.12. The average molecular weight is 1300 g/mol. The summed E-state index contributed by atoms with van der Waals surface area (Å²) in [5.41, 5.74) is -0.166. The normalized spacial score (nSPS) is 16.0. The first kappa shape index (κ1) is 62.3. The first-order chi connectivity index (χ1) is 46.2. The molecule has 490 valence electrons. The van der Waals surface area contributed by atoms with Gasteiger partial charge in [0.05, 0.1) is 62.3 Å². The summed E-state index contributed by atoms with van der Waals surface area (Å²) in [5.74, 6) is -4.51. The number of benzene rings is 8. The molecule has 6 amide bonds. The number of unbranched alkanes of at least 4 members (excludes halogenated alkanes) is 5. The number of anilines is 3. The van der Waals surface area contributed by atoms with E-state index in [1.807, 2.05) is 104 Å². The van der Waals surface area contributed by atoms with Crippen molar-refractivity contribution in [1.82, 2.24) is 19.2 Å². The van der Waals surface area contributed by atoms with Crippen molar-refractivity contribution in [1.29, 1.82) is 0 Å². The molecule has 7 heterocycles. The molecule has 1 fully saturated rings. The molecular weight excluding hydrogens is 1230 g/mol. The third-order valence-electron chi connectivity index (χ3n) is 20.6. The lowest BCUT2D eigenvalue weighted by atomic mass is 9.71. The lowest BCUT2D eigenvalue weighted by Crippen LogP contribution is -2.58. The van der Waals surface area contributed by atoms with E-state index in [1.54, 1.807) is 37.4 Å². The minimum atomic E-state index is -1.04. The topological polar surface area (TPSA) is 215 Å². The number of amides is 6. The minimum absolute atomic E-state index is 0.000197. The van der Waals surface area contributed by atoms with Crippen molar-refractivity contribution in [3.8, 4) is 22.9 Å². The number of piperazine rings is 1. The van der Waals surface area contributed by atoms with Gasteiger partial charge in [0.1, 0.15) is 5.75 Å². The summed E-state index contributed by atoms with van der Waals surface area (Å²) in [5, 5.41) is 2.23. The van der Waals surface area contributed by atoms with Crippen LogP contribution in [-0.2, 0) is 22.8 Å². The fourth-order valence-corrected chi connectivity index (χ4v) is 15.1. The van der Waals surface area contributed by atoms with E-state index in [-0.39, 0.29) is 95.1 Å². The predicted octanol–water partition coefficient (Wildman–Crippen LogP) is 12.5. The zero-order valence-corrected chi connectivity index (χ0v) is 55.8. The van der Waals surface area contributed by atoms with E-state index in [1.165, 1.54) is 41.0 Å². The number of methoxy groups -OCH3 is 1. The zero-order valence-electron chi connectivity index (χ0n) is 55.8. The number of imide groups is 3. The third kappa shape index (κ3) is 9.27. The molecule has 19 heteroatoms. The van der Waals surface area contributed by atoms with Gasteiger partial charge in [-0.15, -0.1) is 0 Å². The molecule has 1 saturated heterocycles. The quantitative estimate of drug-likeness (QED) is 0.0775. The number of hydrazine groups is 1. The number of rotatable bonds is 13. The molecule has 0 spiro atoms.